The van der Waals surface area contributed by atoms with Gasteiger partial charge in [-0.25, -0.2) is 0 Å². The van der Waals surface area contributed by atoms with Crippen molar-refractivity contribution in [2.45, 2.75) is 75.9 Å². The van der Waals surface area contributed by atoms with Gasteiger partial charge in [0.25, 0.3) is 0 Å². The Morgan fingerprint density at radius 2 is 1.92 bits per heavy atom. The topological polar surface area (TPSA) is 64.7 Å². The Bertz CT molecular complexity index is 1190. The second-order valence-corrected chi connectivity index (χ2v) is 11.5. The normalized spacial score (nSPS) is 27.3. The lowest BCUT2D eigenvalue weighted by atomic mass is 9.52. The van der Waals surface area contributed by atoms with E-state index in [0.29, 0.717) is 19.1 Å². The van der Waals surface area contributed by atoms with E-state index < -0.39 is 5.60 Å². The predicted octanol–water partition coefficient (Wildman–Crippen LogP) is 5.95. The van der Waals surface area contributed by atoms with Gasteiger partial charge in [-0.3, -0.25) is 0 Å². The van der Waals surface area contributed by atoms with E-state index in [1.807, 2.05) is 13.0 Å². The smallest absolute Gasteiger partial charge is 0.134 e. The maximum absolute atomic E-state index is 11.5. The van der Waals surface area contributed by atoms with Gasteiger partial charge in [0.1, 0.15) is 23.8 Å². The van der Waals surface area contributed by atoms with E-state index in [0.717, 1.165) is 68.3 Å². The number of rotatable bonds is 9. The van der Waals surface area contributed by atoms with Crippen LogP contribution in [0.3, 0.4) is 0 Å². The Kier molecular flexibility index (Phi) is 6.38. The third kappa shape index (κ3) is 4.96. The molecule has 3 aromatic rings. The molecule has 36 heavy (non-hydrogen) atoms. The van der Waals surface area contributed by atoms with Gasteiger partial charge in [-0.2, -0.15) is 0 Å². The zero-order valence-corrected chi connectivity index (χ0v) is 21.2. The highest BCUT2D eigenvalue weighted by atomic mass is 16.5. The van der Waals surface area contributed by atoms with Crippen LogP contribution in [0.25, 0.3) is 0 Å². The van der Waals surface area contributed by atoms with Gasteiger partial charge in [0.15, 0.2) is 0 Å². The number of fused-ring (bicyclic) bond motifs is 3. The molecule has 190 valence electrons. The summed E-state index contributed by atoms with van der Waals surface area (Å²) in [4.78, 5) is 0. The molecule has 5 nitrogen and oxygen atoms in total. The molecule has 0 aliphatic heterocycles. The lowest BCUT2D eigenvalue weighted by Crippen LogP contribution is -2.52. The average molecular weight is 488 g/mol. The van der Waals surface area contributed by atoms with Crippen molar-refractivity contribution in [2.24, 2.45) is 11.8 Å². The lowest BCUT2D eigenvalue weighted by molar-refractivity contribution is -0.102. The van der Waals surface area contributed by atoms with Crippen molar-refractivity contribution in [3.63, 3.8) is 0 Å². The maximum Gasteiger partial charge on any atom is 0.134 e. The Balaban J connectivity index is 1.25. The number of aliphatic hydroxyl groups is 1. The number of benzene rings is 2. The molecule has 2 saturated carbocycles. The summed E-state index contributed by atoms with van der Waals surface area (Å²) < 4.78 is 17.3. The Hall–Kier alpha value is -2.63. The van der Waals surface area contributed by atoms with Crippen LogP contribution in [0.5, 0.6) is 5.75 Å². The molecule has 5 heteroatoms. The van der Waals surface area contributed by atoms with Gasteiger partial charge < -0.3 is 19.1 Å². The fourth-order valence-corrected chi connectivity index (χ4v) is 6.59. The Morgan fingerprint density at radius 3 is 2.69 bits per heavy atom. The Labute approximate surface area is 213 Å². The number of nitrogens with zero attached hydrogens (tertiary/aromatic N) is 1. The highest BCUT2D eigenvalue weighted by Gasteiger charge is 2.51. The molecule has 0 radical (unpaired) electrons. The highest BCUT2D eigenvalue weighted by Crippen LogP contribution is 2.54. The van der Waals surface area contributed by atoms with Crippen LogP contribution in [0.2, 0.25) is 0 Å². The monoisotopic (exact) mass is 487 g/mol. The van der Waals surface area contributed by atoms with Crippen molar-refractivity contribution in [3.05, 3.63) is 82.7 Å². The van der Waals surface area contributed by atoms with Crippen LogP contribution in [-0.2, 0) is 29.6 Å². The second kappa shape index (κ2) is 9.68. The molecule has 0 bridgehead atoms. The standard InChI is InChI=1S/C31H37NO4/c1-22-15-27(32-36-22)20-35-28-11-12-29-25(16-28)9-10-26-18-30(33,21-34-19-24-7-8-24)13-14-31(26,29)17-23-5-3-2-4-6-23/h2-6,11-12,15-16,24,26,33H,7-10,13-14,17-21H2,1H3/t26-,30-,31+/m1/s1. The summed E-state index contributed by atoms with van der Waals surface area (Å²) in [5.74, 6) is 2.82. The summed E-state index contributed by atoms with van der Waals surface area (Å²) >= 11 is 0. The van der Waals surface area contributed by atoms with Gasteiger partial charge in [0, 0.05) is 18.1 Å². The van der Waals surface area contributed by atoms with E-state index in [9.17, 15) is 5.11 Å². The summed E-state index contributed by atoms with van der Waals surface area (Å²) in [6.07, 6.45) is 8.22. The zero-order valence-electron chi connectivity index (χ0n) is 21.2. The SMILES string of the molecule is Cc1cc(COc2ccc3c(c2)CC[C@@H]2C[C@@](O)(COCC4CC4)CC[C@@]32Cc2ccccc2)no1. The molecule has 3 atom stereocenters. The van der Waals surface area contributed by atoms with Gasteiger partial charge in [-0.1, -0.05) is 41.6 Å². The van der Waals surface area contributed by atoms with Crippen molar-refractivity contribution in [3.8, 4) is 5.75 Å². The van der Waals surface area contributed by atoms with E-state index >= 15 is 0 Å². The molecule has 3 aliphatic rings. The van der Waals surface area contributed by atoms with Gasteiger partial charge in [0.05, 0.1) is 12.2 Å². The van der Waals surface area contributed by atoms with Crippen LogP contribution in [0.1, 0.15) is 66.7 Å². The van der Waals surface area contributed by atoms with Crippen molar-refractivity contribution in [1.82, 2.24) is 5.16 Å². The predicted molar refractivity (Wildman–Crippen MR) is 138 cm³/mol. The number of aryl methyl sites for hydroxylation is 2. The fourth-order valence-electron chi connectivity index (χ4n) is 6.59. The molecular weight excluding hydrogens is 450 g/mol. The fraction of sp³-hybridized carbons (Fsp3) is 0.516. The van der Waals surface area contributed by atoms with E-state index in [1.54, 1.807) is 0 Å². The highest BCUT2D eigenvalue weighted by molar-refractivity contribution is 5.45. The number of hydrogen-bond acceptors (Lipinski definition) is 5. The van der Waals surface area contributed by atoms with Crippen LogP contribution in [0.4, 0.5) is 0 Å². The zero-order chi connectivity index (χ0) is 24.6. The van der Waals surface area contributed by atoms with Crippen LogP contribution >= 0.6 is 0 Å². The van der Waals surface area contributed by atoms with E-state index in [4.69, 9.17) is 14.0 Å². The minimum Gasteiger partial charge on any atom is -0.487 e. The lowest BCUT2D eigenvalue weighted by Gasteiger charge is -2.53. The van der Waals surface area contributed by atoms with E-state index in [-0.39, 0.29) is 5.41 Å². The minimum atomic E-state index is -0.712. The molecule has 1 heterocycles. The summed E-state index contributed by atoms with van der Waals surface area (Å²) in [5, 5.41) is 15.6. The molecule has 1 N–H and O–H groups in total. The second-order valence-electron chi connectivity index (χ2n) is 11.5. The molecule has 1 aromatic heterocycles. The molecule has 0 saturated heterocycles. The van der Waals surface area contributed by atoms with Gasteiger partial charge in [-0.05, 0) is 98.9 Å². The number of hydrogen-bond donors (Lipinski definition) is 1. The first kappa shape index (κ1) is 23.7. The first-order chi connectivity index (χ1) is 17.5. The largest absolute Gasteiger partial charge is 0.487 e. The number of ether oxygens (including phenoxy) is 2. The van der Waals surface area contributed by atoms with Crippen LogP contribution in [0.15, 0.2) is 59.1 Å². The molecule has 2 fully saturated rings. The molecule has 0 unspecified atom stereocenters. The van der Waals surface area contributed by atoms with Crippen molar-refractivity contribution >= 4 is 0 Å². The average Bonchev–Trinajstić information content (AvgIpc) is 3.62. The molecule has 2 aromatic carbocycles. The van der Waals surface area contributed by atoms with E-state index in [2.05, 4.69) is 53.7 Å². The first-order valence-electron chi connectivity index (χ1n) is 13.5. The Morgan fingerprint density at radius 1 is 1.06 bits per heavy atom. The van der Waals surface area contributed by atoms with Gasteiger partial charge >= 0.3 is 0 Å². The third-order valence-electron chi connectivity index (χ3n) is 8.67. The summed E-state index contributed by atoms with van der Waals surface area (Å²) in [5.41, 5.74) is 4.31. The van der Waals surface area contributed by atoms with Crippen molar-refractivity contribution in [2.75, 3.05) is 13.2 Å². The summed E-state index contributed by atoms with van der Waals surface area (Å²) in [7, 11) is 0. The summed E-state index contributed by atoms with van der Waals surface area (Å²) in [6, 6.07) is 19.4. The van der Waals surface area contributed by atoms with Crippen molar-refractivity contribution < 1.29 is 19.1 Å². The molecule has 0 spiro atoms. The van der Waals surface area contributed by atoms with Gasteiger partial charge in [-0.15, -0.1) is 0 Å². The van der Waals surface area contributed by atoms with Crippen molar-refractivity contribution in [1.29, 1.82) is 0 Å². The number of aromatic nitrogens is 1. The van der Waals surface area contributed by atoms with Crippen LogP contribution < -0.4 is 4.74 Å². The molecule has 0 amide bonds. The molecule has 3 aliphatic carbocycles. The molecule has 6 rings (SSSR count). The van der Waals surface area contributed by atoms with Crippen LogP contribution in [-0.4, -0.2) is 29.1 Å². The van der Waals surface area contributed by atoms with Gasteiger partial charge in [0.2, 0.25) is 0 Å². The van der Waals surface area contributed by atoms with E-state index in [1.165, 1.54) is 29.5 Å². The minimum absolute atomic E-state index is 0.0272. The third-order valence-corrected chi connectivity index (χ3v) is 8.67. The van der Waals surface area contributed by atoms with Crippen LogP contribution in [0, 0.1) is 18.8 Å². The quantitative estimate of drug-likeness (QED) is 0.404. The maximum atomic E-state index is 11.5. The first-order valence-corrected chi connectivity index (χ1v) is 13.5. The summed E-state index contributed by atoms with van der Waals surface area (Å²) in [6.45, 7) is 3.58. The molecular formula is C31H37NO4.